The third-order valence-corrected chi connectivity index (χ3v) is 3.02. The molecule has 0 aliphatic rings. The zero-order chi connectivity index (χ0) is 18.3. The van der Waals surface area contributed by atoms with E-state index in [4.69, 9.17) is 17.0 Å². The Morgan fingerprint density at radius 1 is 0.958 bits per heavy atom. The van der Waals surface area contributed by atoms with Gasteiger partial charge in [-0.1, -0.05) is 39.0 Å². The Balaban J connectivity index is 0.000000891. The van der Waals surface area contributed by atoms with Crippen LogP contribution in [0.25, 0.3) is 0 Å². The Morgan fingerprint density at radius 2 is 1.46 bits per heavy atom. The van der Waals surface area contributed by atoms with E-state index in [0.717, 1.165) is 12.1 Å². The van der Waals surface area contributed by atoms with E-state index in [1.807, 2.05) is 20.8 Å². The zero-order valence-corrected chi connectivity index (χ0v) is 17.3. The quantitative estimate of drug-likeness (QED) is 0.503. The summed E-state index contributed by atoms with van der Waals surface area (Å²) in [6.07, 6.45) is 0. The van der Waals surface area contributed by atoms with Crippen LogP contribution in [0.15, 0.2) is 46.6 Å². The van der Waals surface area contributed by atoms with Gasteiger partial charge in [0, 0.05) is 5.56 Å². The molecule has 2 aromatic carbocycles. The van der Waals surface area contributed by atoms with Crippen molar-refractivity contribution in [1.29, 1.82) is 0 Å². The van der Waals surface area contributed by atoms with Gasteiger partial charge in [-0.25, -0.2) is 8.78 Å². The Bertz CT molecular complexity index is 701. The van der Waals surface area contributed by atoms with Crippen LogP contribution in [0.4, 0.5) is 20.2 Å². The molecule has 0 fully saturated rings. The normalized spacial score (nSPS) is 11.1. The van der Waals surface area contributed by atoms with Gasteiger partial charge in [0.05, 0.1) is 0 Å². The van der Waals surface area contributed by atoms with E-state index in [0.29, 0.717) is 5.56 Å². The number of para-hydroxylation sites is 1. The van der Waals surface area contributed by atoms with Gasteiger partial charge in [0.15, 0.2) is 17.3 Å². The summed E-state index contributed by atoms with van der Waals surface area (Å²) < 4.78 is 26.9. The van der Waals surface area contributed by atoms with Crippen molar-refractivity contribution in [3.05, 3.63) is 53.6 Å². The average Bonchev–Trinajstić information content (AvgIpc) is 2.48. The Morgan fingerprint density at radius 3 is 1.96 bits per heavy atom. The van der Waals surface area contributed by atoms with E-state index >= 15 is 0 Å². The minimum atomic E-state index is -0.826. The van der Waals surface area contributed by atoms with Crippen molar-refractivity contribution in [1.82, 2.24) is 0 Å². The van der Waals surface area contributed by atoms with Gasteiger partial charge in [-0.2, -0.15) is 0 Å². The van der Waals surface area contributed by atoms with Gasteiger partial charge in [-0.15, -0.1) is 10.2 Å². The van der Waals surface area contributed by atoms with Gasteiger partial charge in [-0.3, -0.25) is 0 Å². The maximum absolute atomic E-state index is 13.5. The topological polar surface area (TPSA) is 45.0 Å². The summed E-state index contributed by atoms with van der Waals surface area (Å²) in [5.41, 5.74) is 0.106. The second-order valence-electron chi connectivity index (χ2n) is 5.76. The molecule has 2 rings (SSSR count). The van der Waals surface area contributed by atoms with Crippen molar-refractivity contribution in [3.8, 4) is 5.75 Å². The number of halogens is 4. The summed E-state index contributed by atoms with van der Waals surface area (Å²) in [6, 6.07) is 8.48. The van der Waals surface area contributed by atoms with Crippen LogP contribution in [0.1, 0.15) is 26.3 Å². The summed E-state index contributed by atoms with van der Waals surface area (Å²) in [6.45, 7) is 5.83. The molecule has 1 N–H and O–H groups in total. The van der Waals surface area contributed by atoms with Crippen LogP contribution in [0.3, 0.4) is 0 Å². The van der Waals surface area contributed by atoms with Gasteiger partial charge >= 0.3 is 37.9 Å². The Hall–Kier alpha value is -0.837. The Labute approximate surface area is 158 Å². The third kappa shape index (κ3) is 5.91. The van der Waals surface area contributed by atoms with Gasteiger partial charge < -0.3 is 5.11 Å². The fraction of sp³-hybridized carbons (Fsp3) is 0.250. The first-order chi connectivity index (χ1) is 11.2. The molecule has 0 unspecified atom stereocenters. The van der Waals surface area contributed by atoms with Crippen LogP contribution >= 0.6 is 17.0 Å². The molecule has 0 saturated heterocycles. The number of nitrogens with zero attached hydrogens (tertiary/aromatic N) is 2. The first-order valence-corrected chi connectivity index (χ1v) is 13.2. The first kappa shape index (κ1) is 21.2. The fourth-order valence-electron chi connectivity index (χ4n) is 1.91. The van der Waals surface area contributed by atoms with Crippen LogP contribution in [-0.4, -0.2) is 5.11 Å². The molecule has 0 radical (unpaired) electrons. The molecule has 0 heterocycles. The summed E-state index contributed by atoms with van der Waals surface area (Å²) in [5.74, 6) is -1.64. The van der Waals surface area contributed by atoms with Gasteiger partial charge in [0.25, 0.3) is 0 Å². The predicted octanol–water partition coefficient (Wildman–Crippen LogP) is 6.76. The summed E-state index contributed by atoms with van der Waals surface area (Å²) in [7, 11) is 9.87. The van der Waals surface area contributed by atoms with Crippen molar-refractivity contribution in [3.63, 3.8) is 0 Å². The first-order valence-electron chi connectivity index (χ1n) is 6.86. The van der Waals surface area contributed by atoms with E-state index in [1.165, 1.54) is 12.1 Å². The molecule has 0 saturated carbocycles. The monoisotopic (exact) mass is 450 g/mol. The SMILES string of the molecule is CC(C)(C)c1cccc(N=Nc2c(F)cccc2F)c1O.[Cl][Zr][Cl]. The van der Waals surface area contributed by atoms with Crippen LogP contribution in [0, 0.1) is 11.6 Å². The van der Waals surface area contributed by atoms with Crippen LogP contribution < -0.4 is 0 Å². The Kier molecular flexibility index (Phi) is 8.48. The molecule has 0 bridgehead atoms. The van der Waals surface area contributed by atoms with E-state index < -0.39 is 38.2 Å². The van der Waals surface area contributed by atoms with Gasteiger partial charge in [0.1, 0.15) is 11.4 Å². The van der Waals surface area contributed by atoms with E-state index in [2.05, 4.69) is 10.2 Å². The molecule has 0 atom stereocenters. The molecule has 0 spiro atoms. The van der Waals surface area contributed by atoms with E-state index in [-0.39, 0.29) is 16.9 Å². The summed E-state index contributed by atoms with van der Waals surface area (Å²) in [4.78, 5) is 0. The average molecular weight is 452 g/mol. The van der Waals surface area contributed by atoms with Crippen molar-refractivity contribution < 1.29 is 34.7 Å². The van der Waals surface area contributed by atoms with E-state index in [1.54, 1.807) is 12.1 Å². The molecule has 8 heteroatoms. The van der Waals surface area contributed by atoms with Crippen molar-refractivity contribution in [2.45, 2.75) is 26.2 Å². The van der Waals surface area contributed by atoms with Gasteiger partial charge in [-0.05, 0) is 23.6 Å². The fourth-order valence-corrected chi connectivity index (χ4v) is 1.91. The molecular formula is C16H16Cl2F2N2OZr. The zero-order valence-electron chi connectivity index (χ0n) is 13.3. The molecule has 0 amide bonds. The number of rotatable bonds is 2. The number of hydrogen-bond donors (Lipinski definition) is 1. The number of benzene rings is 2. The standard InChI is InChI=1S/C16H16F2N2O.2ClH.Zr/c1-16(2,3)10-6-4-9-13(15(10)21)19-20-14-11(17)7-5-8-12(14)18;;;/h4-9,21H,1-3H3;2*1H;/q;;;+2/p-2. The number of azo groups is 1. The molecule has 0 aliphatic heterocycles. The third-order valence-electron chi connectivity index (χ3n) is 3.02. The molecule has 3 nitrogen and oxygen atoms in total. The molecule has 24 heavy (non-hydrogen) atoms. The maximum atomic E-state index is 13.5. The predicted molar refractivity (Wildman–Crippen MR) is 89.0 cm³/mol. The minimum absolute atomic E-state index is 0.0366. The van der Waals surface area contributed by atoms with Crippen LogP contribution in [0.2, 0.25) is 0 Å². The number of phenols is 1. The summed E-state index contributed by atoms with van der Waals surface area (Å²) >= 11 is -0.826. The molecule has 0 aliphatic carbocycles. The molecule has 128 valence electrons. The molecule has 0 aromatic heterocycles. The number of hydrogen-bond acceptors (Lipinski definition) is 3. The van der Waals surface area contributed by atoms with Crippen molar-refractivity contribution in [2.24, 2.45) is 10.2 Å². The van der Waals surface area contributed by atoms with Crippen molar-refractivity contribution >= 4 is 28.4 Å². The van der Waals surface area contributed by atoms with E-state index in [9.17, 15) is 13.9 Å². The second kappa shape index (κ2) is 9.60. The van der Waals surface area contributed by atoms with Crippen molar-refractivity contribution in [2.75, 3.05) is 0 Å². The number of phenolic OH excluding ortho intramolecular Hbond substituents is 1. The van der Waals surface area contributed by atoms with Gasteiger partial charge in [0.2, 0.25) is 0 Å². The molecule has 2 aromatic rings. The second-order valence-corrected chi connectivity index (χ2v) is 9.50. The van der Waals surface area contributed by atoms with Crippen LogP contribution in [-0.2, 0) is 26.3 Å². The molecular weight excluding hydrogens is 436 g/mol. The summed E-state index contributed by atoms with van der Waals surface area (Å²) in [5, 5.41) is 17.5. The van der Waals surface area contributed by atoms with Crippen LogP contribution in [0.5, 0.6) is 5.75 Å². The number of aromatic hydroxyl groups is 1.